The fourth-order valence-electron chi connectivity index (χ4n) is 0.394. The minimum absolute atomic E-state index is 0.113. The maximum atomic E-state index is 10.7. The number of carbonyl (C=O) groups is 1. The smallest absolute Gasteiger partial charge is 0.307 e. The summed E-state index contributed by atoms with van der Waals surface area (Å²) in [6, 6.07) is 0. The molecule has 0 saturated carbocycles. The zero-order valence-electron chi connectivity index (χ0n) is 6.86. The van der Waals surface area contributed by atoms with Crippen molar-refractivity contribution in [3.05, 3.63) is 0 Å². The highest BCUT2D eigenvalue weighted by atomic mass is 32.2. The van der Waals surface area contributed by atoms with Crippen molar-refractivity contribution in [1.29, 1.82) is 0 Å². The molecule has 0 aliphatic heterocycles. The Morgan fingerprint density at radius 1 is 1.58 bits per heavy atom. The van der Waals surface area contributed by atoms with Gasteiger partial charge in [0.2, 0.25) is 0 Å². The molecular formula is C5H12N2O4S. The molecule has 0 aliphatic carbocycles. The summed E-state index contributed by atoms with van der Waals surface area (Å²) in [7, 11) is -2.27. The first kappa shape index (κ1) is 11.3. The first-order valence-corrected chi connectivity index (χ1v) is 4.78. The Bertz CT molecular complexity index is 248. The normalized spacial score (nSPS) is 14.2. The van der Waals surface area contributed by atoms with Gasteiger partial charge in [-0.2, -0.15) is 8.42 Å². The quantitative estimate of drug-likeness (QED) is 0.512. The van der Waals surface area contributed by atoms with Crippen molar-refractivity contribution in [3.63, 3.8) is 0 Å². The molecule has 0 aromatic carbocycles. The molecule has 0 saturated heterocycles. The summed E-state index contributed by atoms with van der Waals surface area (Å²) >= 11 is 0. The Morgan fingerprint density at radius 3 is 2.42 bits per heavy atom. The van der Waals surface area contributed by atoms with Crippen molar-refractivity contribution in [2.75, 3.05) is 13.6 Å². The number of hydrogen-bond acceptors (Lipinski definition) is 3. The van der Waals surface area contributed by atoms with Crippen LogP contribution in [-0.2, 0) is 15.0 Å². The molecule has 0 amide bonds. The van der Waals surface area contributed by atoms with Gasteiger partial charge in [-0.25, -0.2) is 9.44 Å². The topological polar surface area (TPSA) is 95.5 Å². The van der Waals surface area contributed by atoms with Crippen molar-refractivity contribution in [2.24, 2.45) is 5.92 Å². The summed E-state index contributed by atoms with van der Waals surface area (Å²) in [4.78, 5) is 10.2. The highest BCUT2D eigenvalue weighted by Crippen LogP contribution is 1.91. The summed E-state index contributed by atoms with van der Waals surface area (Å²) < 4.78 is 25.5. The predicted octanol–water partition coefficient (Wildman–Crippen LogP) is -1.24. The molecule has 3 N–H and O–H groups in total. The highest BCUT2D eigenvalue weighted by molar-refractivity contribution is 7.87. The van der Waals surface area contributed by atoms with Gasteiger partial charge in [0.1, 0.15) is 0 Å². The maximum Gasteiger partial charge on any atom is 0.307 e. The van der Waals surface area contributed by atoms with E-state index in [1.807, 2.05) is 4.72 Å². The van der Waals surface area contributed by atoms with Crippen LogP contribution in [0.25, 0.3) is 0 Å². The van der Waals surface area contributed by atoms with E-state index in [4.69, 9.17) is 5.11 Å². The van der Waals surface area contributed by atoms with Gasteiger partial charge in [-0.3, -0.25) is 4.79 Å². The van der Waals surface area contributed by atoms with E-state index in [0.717, 1.165) is 0 Å². The lowest BCUT2D eigenvalue weighted by atomic mass is 10.2. The molecular weight excluding hydrogens is 184 g/mol. The summed E-state index contributed by atoms with van der Waals surface area (Å²) in [5.74, 6) is -1.76. The lowest BCUT2D eigenvalue weighted by Gasteiger charge is -2.07. The second-order valence-electron chi connectivity index (χ2n) is 2.30. The van der Waals surface area contributed by atoms with Crippen molar-refractivity contribution in [2.45, 2.75) is 6.92 Å². The Hall–Kier alpha value is -0.660. The van der Waals surface area contributed by atoms with Crippen LogP contribution in [0.1, 0.15) is 6.92 Å². The van der Waals surface area contributed by atoms with Gasteiger partial charge in [-0.1, -0.05) is 6.92 Å². The number of aliphatic carboxylic acids is 1. The zero-order valence-corrected chi connectivity index (χ0v) is 7.68. The molecule has 7 heteroatoms. The van der Waals surface area contributed by atoms with Gasteiger partial charge >= 0.3 is 5.97 Å². The molecule has 0 aromatic heterocycles. The van der Waals surface area contributed by atoms with Crippen molar-refractivity contribution < 1.29 is 18.3 Å². The molecule has 0 bridgehead atoms. The Morgan fingerprint density at radius 2 is 2.08 bits per heavy atom. The highest BCUT2D eigenvalue weighted by Gasteiger charge is 2.13. The summed E-state index contributed by atoms with van der Waals surface area (Å²) in [5, 5.41) is 8.40. The average Bonchev–Trinajstić information content (AvgIpc) is 2.00. The molecule has 12 heavy (non-hydrogen) atoms. The molecule has 0 fully saturated rings. The van der Waals surface area contributed by atoms with Crippen LogP contribution in [0.2, 0.25) is 0 Å². The Kier molecular flexibility index (Phi) is 4.15. The van der Waals surface area contributed by atoms with E-state index in [0.29, 0.717) is 0 Å². The second kappa shape index (κ2) is 4.39. The van der Waals surface area contributed by atoms with E-state index in [1.165, 1.54) is 14.0 Å². The van der Waals surface area contributed by atoms with E-state index in [1.54, 1.807) is 0 Å². The Balaban J connectivity index is 3.92. The van der Waals surface area contributed by atoms with Gasteiger partial charge in [-0.05, 0) is 0 Å². The Labute approximate surface area is 71.2 Å². The number of rotatable bonds is 5. The third-order valence-corrected chi connectivity index (χ3v) is 2.35. The summed E-state index contributed by atoms with van der Waals surface area (Å²) in [6.07, 6.45) is 0. The van der Waals surface area contributed by atoms with Crippen molar-refractivity contribution in [1.82, 2.24) is 9.44 Å². The third kappa shape index (κ3) is 4.27. The van der Waals surface area contributed by atoms with Crippen molar-refractivity contribution in [3.8, 4) is 0 Å². The number of hydrogen-bond donors (Lipinski definition) is 3. The lowest BCUT2D eigenvalue weighted by Crippen LogP contribution is -2.38. The summed E-state index contributed by atoms with van der Waals surface area (Å²) in [6.45, 7) is 1.30. The third-order valence-electron chi connectivity index (χ3n) is 1.27. The molecule has 1 atom stereocenters. The van der Waals surface area contributed by atoms with Crippen LogP contribution in [0, 0.1) is 5.92 Å². The second-order valence-corrected chi connectivity index (χ2v) is 4.00. The molecule has 1 unspecified atom stereocenters. The molecule has 0 aromatic rings. The largest absolute Gasteiger partial charge is 0.481 e. The molecule has 0 radical (unpaired) electrons. The van der Waals surface area contributed by atoms with E-state index in [2.05, 4.69) is 4.72 Å². The molecule has 0 spiro atoms. The zero-order chi connectivity index (χ0) is 9.78. The molecule has 0 rings (SSSR count). The van der Waals surface area contributed by atoms with Crippen LogP contribution in [0.3, 0.4) is 0 Å². The van der Waals surface area contributed by atoms with E-state index < -0.39 is 22.1 Å². The monoisotopic (exact) mass is 196 g/mol. The van der Waals surface area contributed by atoms with E-state index >= 15 is 0 Å². The first-order valence-electron chi connectivity index (χ1n) is 3.30. The van der Waals surface area contributed by atoms with Gasteiger partial charge in [0.25, 0.3) is 10.2 Å². The number of carboxylic acid groups (broad SMARTS) is 1. The first-order chi connectivity index (χ1) is 5.39. The fraction of sp³-hybridized carbons (Fsp3) is 0.800. The van der Waals surface area contributed by atoms with Gasteiger partial charge in [0.05, 0.1) is 5.92 Å². The number of carboxylic acids is 1. The maximum absolute atomic E-state index is 10.7. The predicted molar refractivity (Wildman–Crippen MR) is 42.8 cm³/mol. The fourth-order valence-corrected chi connectivity index (χ4v) is 1.01. The molecule has 0 heterocycles. The van der Waals surface area contributed by atoms with Gasteiger partial charge < -0.3 is 5.11 Å². The molecule has 0 aliphatic rings. The minimum Gasteiger partial charge on any atom is -0.481 e. The van der Waals surface area contributed by atoms with E-state index in [9.17, 15) is 13.2 Å². The van der Waals surface area contributed by atoms with Crippen LogP contribution >= 0.6 is 0 Å². The standard InChI is InChI=1S/C5H12N2O4S/c1-4(5(8)9)3-7-12(10,11)6-2/h4,6-7H,3H2,1-2H3,(H,8,9). The molecule has 6 nitrogen and oxygen atoms in total. The van der Waals surface area contributed by atoms with Crippen molar-refractivity contribution >= 4 is 16.2 Å². The number of nitrogens with one attached hydrogen (secondary N) is 2. The van der Waals surface area contributed by atoms with E-state index in [-0.39, 0.29) is 6.54 Å². The van der Waals surface area contributed by atoms with Crippen LogP contribution in [-0.4, -0.2) is 33.1 Å². The minimum atomic E-state index is -3.51. The van der Waals surface area contributed by atoms with Gasteiger partial charge in [0.15, 0.2) is 0 Å². The average molecular weight is 196 g/mol. The van der Waals surface area contributed by atoms with Gasteiger partial charge in [-0.15, -0.1) is 0 Å². The SMILES string of the molecule is CNS(=O)(=O)NCC(C)C(=O)O. The molecule has 72 valence electrons. The van der Waals surface area contributed by atoms with Crippen LogP contribution < -0.4 is 9.44 Å². The van der Waals surface area contributed by atoms with Crippen LogP contribution in [0.4, 0.5) is 0 Å². The van der Waals surface area contributed by atoms with Crippen LogP contribution in [0.5, 0.6) is 0 Å². The van der Waals surface area contributed by atoms with Gasteiger partial charge in [0, 0.05) is 13.6 Å². The summed E-state index contributed by atoms with van der Waals surface area (Å²) in [5.41, 5.74) is 0. The van der Waals surface area contributed by atoms with Crippen LogP contribution in [0.15, 0.2) is 0 Å². The lowest BCUT2D eigenvalue weighted by molar-refractivity contribution is -0.140.